The summed E-state index contributed by atoms with van der Waals surface area (Å²) in [5.74, 6) is 1.09. The first kappa shape index (κ1) is 18.8. The molecule has 0 saturated heterocycles. The lowest BCUT2D eigenvalue weighted by molar-refractivity contribution is 0.0992. The van der Waals surface area contributed by atoms with Gasteiger partial charge in [0.2, 0.25) is 0 Å². The summed E-state index contributed by atoms with van der Waals surface area (Å²) < 4.78 is 10.9. The molecule has 1 aromatic heterocycles. The van der Waals surface area contributed by atoms with Gasteiger partial charge in [0.1, 0.15) is 11.5 Å². The minimum Gasteiger partial charge on any atom is -0.497 e. The molecular weight excluding hydrogens is 366 g/mol. The third-order valence-electron chi connectivity index (χ3n) is 5.12. The average Bonchev–Trinajstić information content (AvgIpc) is 3.01. The Morgan fingerprint density at radius 3 is 2.59 bits per heavy atom. The lowest BCUT2D eigenvalue weighted by atomic mass is 10.1. The molecule has 148 valence electrons. The van der Waals surface area contributed by atoms with Gasteiger partial charge in [0, 0.05) is 18.0 Å². The highest BCUT2D eigenvalue weighted by atomic mass is 16.5. The van der Waals surface area contributed by atoms with Gasteiger partial charge >= 0.3 is 0 Å². The van der Waals surface area contributed by atoms with E-state index < -0.39 is 6.17 Å². The van der Waals surface area contributed by atoms with E-state index in [9.17, 15) is 4.79 Å². The molecule has 0 bridgehead atoms. The highest BCUT2D eigenvalue weighted by Crippen LogP contribution is 2.42. The van der Waals surface area contributed by atoms with Gasteiger partial charge in [-0.15, -0.1) is 0 Å². The first-order valence-electron chi connectivity index (χ1n) is 9.37. The van der Waals surface area contributed by atoms with Crippen molar-refractivity contribution in [2.75, 3.05) is 24.4 Å². The summed E-state index contributed by atoms with van der Waals surface area (Å²) in [4.78, 5) is 19.5. The van der Waals surface area contributed by atoms with Crippen LogP contribution in [0.3, 0.4) is 0 Å². The summed E-state index contributed by atoms with van der Waals surface area (Å²) in [6.07, 6.45) is 1.23. The Kier molecular flexibility index (Phi) is 4.84. The predicted molar refractivity (Wildman–Crippen MR) is 113 cm³/mol. The topological polar surface area (TPSA) is 63.7 Å². The van der Waals surface area contributed by atoms with Crippen LogP contribution in [0.2, 0.25) is 0 Å². The van der Waals surface area contributed by atoms with Gasteiger partial charge in [-0.25, -0.2) is 0 Å². The van der Waals surface area contributed by atoms with Crippen LogP contribution >= 0.6 is 0 Å². The molecule has 0 radical (unpaired) electrons. The van der Waals surface area contributed by atoms with Crippen molar-refractivity contribution in [1.29, 1.82) is 0 Å². The second-order valence-electron chi connectivity index (χ2n) is 7.01. The number of amides is 1. The van der Waals surface area contributed by atoms with Crippen molar-refractivity contribution in [3.63, 3.8) is 0 Å². The molecule has 0 spiro atoms. The summed E-state index contributed by atoms with van der Waals surface area (Å²) >= 11 is 0. The Morgan fingerprint density at radius 1 is 1.03 bits per heavy atom. The first-order valence-corrected chi connectivity index (χ1v) is 9.37. The van der Waals surface area contributed by atoms with Gasteiger partial charge in [0.25, 0.3) is 5.91 Å². The van der Waals surface area contributed by atoms with Crippen LogP contribution in [-0.4, -0.2) is 25.1 Å². The molecule has 0 fully saturated rings. The fourth-order valence-electron chi connectivity index (χ4n) is 3.67. The van der Waals surface area contributed by atoms with Crippen LogP contribution in [0.4, 0.5) is 11.4 Å². The van der Waals surface area contributed by atoms with Crippen molar-refractivity contribution in [3.8, 4) is 11.5 Å². The lowest BCUT2D eigenvalue weighted by Gasteiger charge is -2.28. The zero-order valence-corrected chi connectivity index (χ0v) is 16.9. The quantitative estimate of drug-likeness (QED) is 0.697. The lowest BCUT2D eigenvalue weighted by Crippen LogP contribution is -2.33. The second-order valence-corrected chi connectivity index (χ2v) is 7.01. The van der Waals surface area contributed by atoms with Crippen LogP contribution in [0.15, 0.2) is 54.7 Å². The summed E-state index contributed by atoms with van der Waals surface area (Å²) in [7, 11) is 3.18. The van der Waals surface area contributed by atoms with Crippen molar-refractivity contribution in [2.24, 2.45) is 0 Å². The smallest absolute Gasteiger partial charge is 0.262 e. The zero-order chi connectivity index (χ0) is 20.5. The SMILES string of the molecule is COc1ccc(OC)c(N2C(=O)c3cccnc3[C@H]2Nc2ccc(C)cc2C)c1. The summed E-state index contributed by atoms with van der Waals surface area (Å²) in [5, 5.41) is 3.51. The van der Waals surface area contributed by atoms with E-state index in [0.717, 1.165) is 11.3 Å². The van der Waals surface area contributed by atoms with E-state index in [0.29, 0.717) is 28.4 Å². The molecule has 0 saturated carbocycles. The normalized spacial score (nSPS) is 15.2. The van der Waals surface area contributed by atoms with E-state index in [2.05, 4.69) is 23.3 Å². The molecule has 1 atom stereocenters. The molecular formula is C23H23N3O3. The molecule has 0 aliphatic carbocycles. The predicted octanol–water partition coefficient (Wildman–Crippen LogP) is 4.49. The van der Waals surface area contributed by atoms with Gasteiger partial charge < -0.3 is 14.8 Å². The Bertz CT molecular complexity index is 1080. The number of carbonyl (C=O) groups is 1. The number of ether oxygens (including phenoxy) is 2. The molecule has 6 heteroatoms. The maximum atomic E-state index is 13.4. The third-order valence-corrected chi connectivity index (χ3v) is 5.12. The highest BCUT2D eigenvalue weighted by molar-refractivity contribution is 6.11. The number of benzene rings is 2. The average molecular weight is 389 g/mol. The van der Waals surface area contributed by atoms with Gasteiger partial charge in [-0.3, -0.25) is 14.7 Å². The minimum absolute atomic E-state index is 0.137. The van der Waals surface area contributed by atoms with E-state index >= 15 is 0 Å². The monoisotopic (exact) mass is 389 g/mol. The van der Waals surface area contributed by atoms with Crippen molar-refractivity contribution < 1.29 is 14.3 Å². The third kappa shape index (κ3) is 3.27. The van der Waals surface area contributed by atoms with E-state index in [4.69, 9.17) is 9.47 Å². The number of anilines is 2. The van der Waals surface area contributed by atoms with Gasteiger partial charge in [0.05, 0.1) is 31.2 Å². The van der Waals surface area contributed by atoms with Crippen molar-refractivity contribution in [2.45, 2.75) is 20.0 Å². The number of hydrogen-bond donors (Lipinski definition) is 1. The van der Waals surface area contributed by atoms with E-state index in [-0.39, 0.29) is 5.91 Å². The van der Waals surface area contributed by atoms with Crippen molar-refractivity contribution >= 4 is 17.3 Å². The fraction of sp³-hybridized carbons (Fsp3) is 0.217. The first-order chi connectivity index (χ1) is 14.0. The number of hydrogen-bond acceptors (Lipinski definition) is 5. The molecule has 1 N–H and O–H groups in total. The van der Waals surface area contributed by atoms with Gasteiger partial charge in [-0.2, -0.15) is 0 Å². The van der Waals surface area contributed by atoms with Crippen LogP contribution in [0.1, 0.15) is 33.3 Å². The zero-order valence-electron chi connectivity index (χ0n) is 16.9. The summed E-state index contributed by atoms with van der Waals surface area (Å²) in [6, 6.07) is 15.2. The Balaban J connectivity index is 1.85. The Hall–Kier alpha value is -3.54. The second kappa shape index (κ2) is 7.47. The molecule has 1 aliphatic rings. The number of rotatable bonds is 5. The molecule has 4 rings (SSSR count). The molecule has 3 aromatic rings. The summed E-state index contributed by atoms with van der Waals surface area (Å²) in [5.41, 5.74) is 5.10. The van der Waals surface area contributed by atoms with E-state index in [1.165, 1.54) is 5.56 Å². The number of aromatic nitrogens is 1. The van der Waals surface area contributed by atoms with Crippen LogP contribution in [-0.2, 0) is 0 Å². The molecule has 2 aromatic carbocycles. The number of carbonyl (C=O) groups excluding carboxylic acids is 1. The molecule has 1 aliphatic heterocycles. The largest absolute Gasteiger partial charge is 0.497 e. The van der Waals surface area contributed by atoms with Crippen LogP contribution in [0, 0.1) is 13.8 Å². The Labute approximate surface area is 170 Å². The van der Waals surface area contributed by atoms with Gasteiger partial charge in [-0.05, 0) is 49.7 Å². The van der Waals surface area contributed by atoms with Crippen molar-refractivity contribution in [3.05, 3.63) is 77.1 Å². The molecule has 1 amide bonds. The Morgan fingerprint density at radius 2 is 1.86 bits per heavy atom. The molecule has 0 unspecified atom stereocenters. The number of methoxy groups -OCH3 is 2. The molecule has 2 heterocycles. The van der Waals surface area contributed by atoms with Gasteiger partial charge in [-0.1, -0.05) is 17.7 Å². The molecule has 6 nitrogen and oxygen atoms in total. The number of nitrogens with zero attached hydrogens (tertiary/aromatic N) is 2. The van der Waals surface area contributed by atoms with Crippen molar-refractivity contribution in [1.82, 2.24) is 4.98 Å². The maximum absolute atomic E-state index is 13.4. The van der Waals surface area contributed by atoms with Crippen LogP contribution < -0.4 is 19.7 Å². The standard InChI is InChI=1S/C23H23N3O3/c1-14-7-9-18(15(2)12-14)25-22-21-17(6-5-11-24-21)23(27)26(22)19-13-16(28-3)8-10-20(19)29-4/h5-13,22,25H,1-4H3/t22-/m0/s1. The number of pyridine rings is 1. The van der Waals surface area contributed by atoms with Gasteiger partial charge in [0.15, 0.2) is 6.17 Å². The minimum atomic E-state index is -0.471. The maximum Gasteiger partial charge on any atom is 0.262 e. The van der Waals surface area contributed by atoms with Crippen LogP contribution in [0.5, 0.6) is 11.5 Å². The number of fused-ring (bicyclic) bond motifs is 1. The van der Waals surface area contributed by atoms with Crippen LogP contribution in [0.25, 0.3) is 0 Å². The highest BCUT2D eigenvalue weighted by Gasteiger charge is 2.40. The number of aryl methyl sites for hydroxylation is 2. The summed E-state index contributed by atoms with van der Waals surface area (Å²) in [6.45, 7) is 4.10. The van der Waals surface area contributed by atoms with E-state index in [1.54, 1.807) is 55.6 Å². The number of nitrogens with one attached hydrogen (secondary N) is 1. The van der Waals surface area contributed by atoms with E-state index in [1.807, 2.05) is 19.1 Å². The fourth-order valence-corrected chi connectivity index (χ4v) is 3.67. The molecule has 29 heavy (non-hydrogen) atoms.